The molecule has 4 aromatic rings. The number of hydrogen-bond donors (Lipinski definition) is 6. The number of hydrogen-bond acceptors (Lipinski definition) is 11. The molecule has 234 valence electrons. The minimum absolute atomic E-state index is 0.0436. The Labute approximate surface area is 257 Å². The van der Waals surface area contributed by atoms with Crippen LogP contribution in [0.5, 0.6) is 11.6 Å². The third-order valence-electron chi connectivity index (χ3n) is 7.20. The highest BCUT2D eigenvalue weighted by Crippen LogP contribution is 2.54. The van der Waals surface area contributed by atoms with Crippen LogP contribution in [0.1, 0.15) is 27.5 Å². The summed E-state index contributed by atoms with van der Waals surface area (Å²) in [5.74, 6) is -3.65. The van der Waals surface area contributed by atoms with Crippen LogP contribution < -0.4 is 26.8 Å². The van der Waals surface area contributed by atoms with Gasteiger partial charge in [-0.05, 0) is 35.4 Å². The van der Waals surface area contributed by atoms with E-state index >= 15 is 0 Å². The van der Waals surface area contributed by atoms with Crippen molar-refractivity contribution in [3.8, 4) is 23.1 Å². The van der Waals surface area contributed by atoms with Crippen LogP contribution in [-0.2, 0) is 14.2 Å². The van der Waals surface area contributed by atoms with Crippen molar-refractivity contribution < 1.29 is 39.0 Å². The van der Waals surface area contributed by atoms with E-state index < -0.39 is 61.3 Å². The fraction of sp³-hybridized carbons (Fsp3) is 0.200. The fourth-order valence-corrected chi connectivity index (χ4v) is 7.89. The van der Waals surface area contributed by atoms with Crippen molar-refractivity contribution in [2.75, 3.05) is 20.2 Å². The van der Waals surface area contributed by atoms with E-state index in [-0.39, 0.29) is 16.7 Å². The number of carbonyl (C=O) groups excluding carboxylic acids is 1. The first-order valence-corrected chi connectivity index (χ1v) is 15.4. The van der Waals surface area contributed by atoms with E-state index in [0.29, 0.717) is 22.6 Å². The Hall–Kier alpha value is -5.17. The summed E-state index contributed by atoms with van der Waals surface area (Å²) in [5.41, 5.74) is 9.14. The third-order valence-corrected chi connectivity index (χ3v) is 11.0. The minimum Gasteiger partial charge on any atom is -0.497 e. The van der Waals surface area contributed by atoms with Crippen molar-refractivity contribution in [2.24, 2.45) is 11.5 Å². The van der Waals surface area contributed by atoms with Gasteiger partial charge >= 0.3 is 11.9 Å². The number of carbonyl (C=O) groups is 3. The Balaban J connectivity index is 1.74. The van der Waals surface area contributed by atoms with E-state index in [1.807, 2.05) is 0 Å². The van der Waals surface area contributed by atoms with Gasteiger partial charge in [-0.3, -0.25) is 19.4 Å². The molecule has 0 fully saturated rings. The Morgan fingerprint density at radius 2 is 1.47 bits per heavy atom. The molecule has 45 heavy (non-hydrogen) atoms. The molecule has 0 aliphatic heterocycles. The molecule has 0 bridgehead atoms. The molecule has 0 saturated heterocycles. The summed E-state index contributed by atoms with van der Waals surface area (Å²) in [4.78, 5) is 49.8. The number of aromatic hydroxyl groups is 1. The molecule has 0 aliphatic carbocycles. The maximum absolute atomic E-state index is 14.3. The summed E-state index contributed by atoms with van der Waals surface area (Å²) in [5, 5.41) is 32.9. The van der Waals surface area contributed by atoms with Gasteiger partial charge in [0.05, 0.1) is 13.2 Å². The second-order valence-corrected chi connectivity index (χ2v) is 13.0. The molecular formula is C30H31N6O8P. The zero-order valence-electron chi connectivity index (χ0n) is 24.0. The molecule has 15 heteroatoms. The summed E-state index contributed by atoms with van der Waals surface area (Å²) >= 11 is 0. The number of carboxylic acids is 2. The molecule has 0 spiro atoms. The molecular weight excluding hydrogens is 603 g/mol. The number of aliphatic carboxylic acids is 2. The number of nitrogens with zero attached hydrogens (tertiary/aromatic N) is 3. The number of rotatable bonds is 13. The third kappa shape index (κ3) is 6.83. The highest BCUT2D eigenvalue weighted by atomic mass is 31.2. The van der Waals surface area contributed by atoms with Crippen molar-refractivity contribution in [3.63, 3.8) is 0 Å². The summed E-state index contributed by atoms with van der Waals surface area (Å²) < 4.78 is 19.5. The minimum atomic E-state index is -4.26. The lowest BCUT2D eigenvalue weighted by Crippen LogP contribution is -2.42. The van der Waals surface area contributed by atoms with E-state index in [9.17, 15) is 34.3 Å². The first-order valence-electron chi connectivity index (χ1n) is 13.5. The summed E-state index contributed by atoms with van der Waals surface area (Å²) in [6.07, 6.45) is 2.71. The Bertz CT molecular complexity index is 1700. The van der Waals surface area contributed by atoms with Crippen LogP contribution in [0.4, 0.5) is 0 Å². The first kappa shape index (κ1) is 32.7. The predicted molar refractivity (Wildman–Crippen MR) is 164 cm³/mol. The van der Waals surface area contributed by atoms with Gasteiger partial charge in [0.25, 0.3) is 5.91 Å². The number of nitrogens with one attached hydrogen (secondary N) is 1. The number of amides is 1. The number of carboxylic acid groups (broad SMARTS) is 2. The van der Waals surface area contributed by atoms with Crippen LogP contribution in [-0.4, -0.2) is 79.6 Å². The van der Waals surface area contributed by atoms with Gasteiger partial charge in [-0.25, -0.2) is 4.98 Å². The maximum atomic E-state index is 14.3. The molecule has 14 nitrogen and oxygen atoms in total. The normalized spacial score (nSPS) is 14.4. The van der Waals surface area contributed by atoms with Gasteiger partial charge in [0.15, 0.2) is 5.82 Å². The number of aromatic nitrogens is 3. The molecule has 2 aromatic carbocycles. The maximum Gasteiger partial charge on any atom is 0.315 e. The smallest absolute Gasteiger partial charge is 0.315 e. The lowest BCUT2D eigenvalue weighted by molar-refractivity contribution is -0.136. The van der Waals surface area contributed by atoms with Gasteiger partial charge in [-0.2, -0.15) is 4.98 Å². The van der Waals surface area contributed by atoms with Crippen molar-refractivity contribution in [1.82, 2.24) is 20.3 Å². The van der Waals surface area contributed by atoms with Crippen LogP contribution in [0.25, 0.3) is 11.5 Å². The van der Waals surface area contributed by atoms with Crippen LogP contribution in [0.2, 0.25) is 0 Å². The number of benzene rings is 2. The van der Waals surface area contributed by atoms with Gasteiger partial charge in [0.2, 0.25) is 5.88 Å². The number of ether oxygens (including phenoxy) is 1. The quantitative estimate of drug-likeness (QED) is 0.115. The molecule has 0 aliphatic rings. The summed E-state index contributed by atoms with van der Waals surface area (Å²) in [6.45, 7) is -1.15. The van der Waals surface area contributed by atoms with E-state index in [1.165, 1.54) is 43.8 Å². The number of nitrogens with two attached hydrogens (primary N) is 2. The van der Waals surface area contributed by atoms with E-state index in [2.05, 4.69) is 20.3 Å². The highest BCUT2D eigenvalue weighted by Gasteiger charge is 2.48. The number of pyridine rings is 1. The van der Waals surface area contributed by atoms with Crippen LogP contribution >= 0.6 is 7.14 Å². The standard InChI is InChI=1S/C30H31N6O8P/c1-44-19-9-5-17(6-10-19)25(35-27(37)21-16-34-26(36-28(21)38)22-4-2-3-13-33-22)18-7-11-20(12-8-18)45(43,23(14-31)29(39)40)24(15-32)30(41)42/h2-13,16,23-25H,14-15,31-32H2,1H3,(H,35,37)(H,39,40)(H,41,42)(H,34,36,38). The zero-order valence-corrected chi connectivity index (χ0v) is 24.9. The Morgan fingerprint density at radius 3 is 1.93 bits per heavy atom. The van der Waals surface area contributed by atoms with Gasteiger partial charge in [0, 0.05) is 30.8 Å². The Morgan fingerprint density at radius 1 is 0.889 bits per heavy atom. The second kappa shape index (κ2) is 14.1. The SMILES string of the molecule is COc1ccc(C(NC(=O)c2cnc(-c3ccccn3)nc2O)c2ccc(P(=O)(C(CN)C(=O)O)C(CN)C(=O)O)cc2)cc1. The average molecular weight is 635 g/mol. The Kier molecular flexibility index (Phi) is 10.2. The highest BCUT2D eigenvalue weighted by molar-refractivity contribution is 7.74. The zero-order chi connectivity index (χ0) is 32.7. The average Bonchev–Trinajstić information content (AvgIpc) is 3.04. The first-order chi connectivity index (χ1) is 21.5. The predicted octanol–water partition coefficient (Wildman–Crippen LogP) is 1.58. The van der Waals surface area contributed by atoms with Crippen molar-refractivity contribution in [2.45, 2.75) is 17.4 Å². The molecule has 3 atom stereocenters. The molecule has 3 unspecified atom stereocenters. The summed E-state index contributed by atoms with van der Waals surface area (Å²) in [7, 11) is -2.76. The monoisotopic (exact) mass is 634 g/mol. The lowest BCUT2D eigenvalue weighted by Gasteiger charge is -2.29. The molecule has 2 heterocycles. The summed E-state index contributed by atoms with van der Waals surface area (Å²) in [6, 6.07) is 16.6. The second-order valence-electron chi connectivity index (χ2n) is 9.81. The van der Waals surface area contributed by atoms with Gasteiger partial charge in [-0.15, -0.1) is 0 Å². The molecule has 0 saturated carbocycles. The number of methoxy groups -OCH3 is 1. The van der Waals surface area contributed by atoms with Gasteiger partial charge < -0.3 is 41.4 Å². The van der Waals surface area contributed by atoms with E-state index in [4.69, 9.17) is 16.2 Å². The lowest BCUT2D eigenvalue weighted by atomic mass is 9.98. The molecule has 1 amide bonds. The molecule has 0 radical (unpaired) electrons. The van der Waals surface area contributed by atoms with Crippen molar-refractivity contribution in [3.05, 3.63) is 95.8 Å². The van der Waals surface area contributed by atoms with E-state index in [0.717, 1.165) is 0 Å². The van der Waals surface area contributed by atoms with Crippen molar-refractivity contribution in [1.29, 1.82) is 0 Å². The van der Waals surface area contributed by atoms with E-state index in [1.54, 1.807) is 42.5 Å². The largest absolute Gasteiger partial charge is 0.497 e. The van der Waals surface area contributed by atoms with Gasteiger partial charge in [0.1, 0.15) is 35.5 Å². The molecule has 4 rings (SSSR count). The molecule has 8 N–H and O–H groups in total. The van der Waals surface area contributed by atoms with Crippen molar-refractivity contribution >= 4 is 30.3 Å². The van der Waals surface area contributed by atoms with Crippen LogP contribution in [0.3, 0.4) is 0 Å². The van der Waals surface area contributed by atoms with Crippen LogP contribution in [0, 0.1) is 0 Å². The topological polar surface area (TPSA) is 241 Å². The molecule has 2 aromatic heterocycles. The fourth-order valence-electron chi connectivity index (χ4n) is 4.84. The van der Waals surface area contributed by atoms with Crippen LogP contribution in [0.15, 0.2) is 79.1 Å². The van der Waals surface area contributed by atoms with Gasteiger partial charge in [-0.1, -0.05) is 42.5 Å².